The van der Waals surface area contributed by atoms with Gasteiger partial charge in [-0.15, -0.1) is 0 Å². The van der Waals surface area contributed by atoms with Gasteiger partial charge in [0.1, 0.15) is 24.0 Å². The van der Waals surface area contributed by atoms with E-state index in [9.17, 15) is 18.0 Å². The van der Waals surface area contributed by atoms with Gasteiger partial charge in [0.15, 0.2) is 11.6 Å². The molecule has 1 aromatic carbocycles. The van der Waals surface area contributed by atoms with E-state index in [0.29, 0.717) is 6.42 Å². The zero-order chi connectivity index (χ0) is 13.7. The van der Waals surface area contributed by atoms with Crippen molar-refractivity contribution < 1.29 is 18.0 Å². The predicted molar refractivity (Wildman–Crippen MR) is 65.9 cm³/mol. The highest BCUT2D eigenvalue weighted by atomic mass is 32.2. The first-order chi connectivity index (χ1) is 9.09. The molecule has 0 bridgehead atoms. The highest BCUT2D eigenvalue weighted by Gasteiger charge is 2.67. The van der Waals surface area contributed by atoms with E-state index in [1.807, 2.05) is 0 Å². The van der Waals surface area contributed by atoms with Crippen LogP contribution in [0.2, 0.25) is 0 Å². The molecule has 19 heavy (non-hydrogen) atoms. The minimum absolute atomic E-state index is 0.142. The molecule has 1 aliphatic heterocycles. The van der Waals surface area contributed by atoms with E-state index < -0.39 is 34.5 Å². The van der Waals surface area contributed by atoms with Gasteiger partial charge in [-0.2, -0.15) is 0 Å². The Labute approximate surface area is 112 Å². The number of carbonyl (C=O) groups excluding carboxylic acids is 1. The number of rotatable bonds is 3. The monoisotopic (exact) mass is 284 g/mol. The molecule has 99 valence electrons. The highest BCUT2D eigenvalue weighted by molar-refractivity contribution is 8.14. The Morgan fingerprint density at radius 2 is 2.32 bits per heavy atom. The summed E-state index contributed by atoms with van der Waals surface area (Å²) in [4.78, 5) is 15.1. The Morgan fingerprint density at radius 1 is 1.53 bits per heavy atom. The van der Waals surface area contributed by atoms with E-state index in [1.165, 1.54) is 12.1 Å². The van der Waals surface area contributed by atoms with Gasteiger partial charge < -0.3 is 4.79 Å². The quantitative estimate of drug-likeness (QED) is 0.799. The van der Waals surface area contributed by atoms with Crippen molar-refractivity contribution in [3.05, 3.63) is 35.4 Å². The van der Waals surface area contributed by atoms with Crippen molar-refractivity contribution in [2.45, 2.75) is 16.7 Å². The number of hydrogen-bond donors (Lipinski definition) is 0. The number of aldehydes is 1. The number of aliphatic imine (C=N–C) groups is 1. The Bertz CT molecular complexity index is 579. The zero-order valence-electron chi connectivity index (χ0n) is 9.70. The average molecular weight is 284 g/mol. The molecule has 0 amide bonds. The second-order valence-corrected chi connectivity index (χ2v) is 5.94. The Kier molecular flexibility index (Phi) is 2.74. The lowest BCUT2D eigenvalue weighted by Gasteiger charge is -2.31. The molecule has 0 spiro atoms. The number of hydrogen-bond acceptors (Lipinski definition) is 3. The van der Waals surface area contributed by atoms with Crippen molar-refractivity contribution in [3.8, 4) is 0 Å². The third-order valence-electron chi connectivity index (χ3n) is 3.83. The first-order valence-corrected chi connectivity index (χ1v) is 6.53. The molecule has 2 nitrogen and oxygen atoms in total. The van der Waals surface area contributed by atoms with E-state index in [1.54, 1.807) is 0 Å². The van der Waals surface area contributed by atoms with Gasteiger partial charge >= 0.3 is 0 Å². The van der Waals surface area contributed by atoms with Crippen LogP contribution >= 0.6 is 11.8 Å². The minimum atomic E-state index is -1.53. The van der Waals surface area contributed by atoms with Crippen LogP contribution in [0.5, 0.6) is 0 Å². The van der Waals surface area contributed by atoms with Gasteiger partial charge in [0.2, 0.25) is 0 Å². The molecule has 1 fully saturated rings. The molecule has 1 aromatic rings. The predicted octanol–water partition coefficient (Wildman–Crippen LogP) is 2.74. The van der Waals surface area contributed by atoms with Crippen molar-refractivity contribution in [2.75, 3.05) is 6.67 Å². The Hall–Kier alpha value is -1.30. The third kappa shape index (κ3) is 1.59. The third-order valence-corrected chi connectivity index (χ3v) is 4.94. The van der Waals surface area contributed by atoms with Crippen molar-refractivity contribution in [1.82, 2.24) is 0 Å². The lowest BCUT2D eigenvalue weighted by atomic mass is 9.85. The standard InChI is InChI=1S/C13H9F3NOS/c14-5-13(8-2-1-3-9(15)11(8)16)10-4-12(10,6-18)19-7-17-13/h1-3,6,10H,4-5H2/t10-,12-,13-/m1/s1. The summed E-state index contributed by atoms with van der Waals surface area (Å²) in [5.41, 5.74) is 0.865. The van der Waals surface area contributed by atoms with Crippen molar-refractivity contribution in [3.63, 3.8) is 0 Å². The molecule has 3 atom stereocenters. The van der Waals surface area contributed by atoms with E-state index in [4.69, 9.17) is 0 Å². The van der Waals surface area contributed by atoms with E-state index in [0.717, 1.165) is 24.1 Å². The topological polar surface area (TPSA) is 29.4 Å². The fourth-order valence-electron chi connectivity index (χ4n) is 2.65. The minimum Gasteiger partial charge on any atom is -0.302 e. The normalized spacial score (nSPS) is 35.8. The van der Waals surface area contributed by atoms with Gasteiger partial charge in [-0.25, -0.2) is 13.2 Å². The summed E-state index contributed by atoms with van der Waals surface area (Å²) in [6.07, 6.45) is 1.13. The Balaban J connectivity index is 2.15. The zero-order valence-corrected chi connectivity index (χ0v) is 10.5. The van der Waals surface area contributed by atoms with Crippen molar-refractivity contribution >= 4 is 23.6 Å². The second kappa shape index (κ2) is 4.10. The van der Waals surface area contributed by atoms with Crippen LogP contribution in [-0.4, -0.2) is 23.3 Å². The van der Waals surface area contributed by atoms with Crippen molar-refractivity contribution in [1.29, 1.82) is 0 Å². The summed E-state index contributed by atoms with van der Waals surface area (Å²) in [5.74, 6) is -2.61. The van der Waals surface area contributed by atoms with Crippen LogP contribution in [-0.2, 0) is 10.3 Å². The molecule has 6 heteroatoms. The van der Waals surface area contributed by atoms with E-state index in [2.05, 4.69) is 10.5 Å². The number of fused-ring (bicyclic) bond motifs is 1. The fourth-order valence-corrected chi connectivity index (χ4v) is 3.66. The maximum absolute atomic E-state index is 13.9. The van der Waals surface area contributed by atoms with Gasteiger partial charge in [-0.05, 0) is 12.5 Å². The van der Waals surface area contributed by atoms with Gasteiger partial charge in [0.25, 0.3) is 0 Å². The first-order valence-electron chi connectivity index (χ1n) is 5.71. The van der Waals surface area contributed by atoms with Crippen LogP contribution in [0.1, 0.15) is 12.0 Å². The number of thioether (sulfide) groups is 1. The maximum Gasteiger partial charge on any atom is 0.164 e. The molecule has 3 rings (SSSR count). The fraction of sp³-hybridized carbons (Fsp3) is 0.385. The molecule has 1 saturated carbocycles. The molecular weight excluding hydrogens is 275 g/mol. The smallest absolute Gasteiger partial charge is 0.164 e. The summed E-state index contributed by atoms with van der Waals surface area (Å²) in [6, 6.07) is 3.59. The molecule has 0 N–H and O–H groups in total. The highest BCUT2D eigenvalue weighted by Crippen LogP contribution is 2.64. The Morgan fingerprint density at radius 3 is 3.00 bits per heavy atom. The summed E-state index contributed by atoms with van der Waals surface area (Å²) in [5, 5.41) is 0. The van der Waals surface area contributed by atoms with E-state index >= 15 is 0 Å². The van der Waals surface area contributed by atoms with Crippen LogP contribution in [0.4, 0.5) is 13.2 Å². The van der Waals surface area contributed by atoms with Crippen LogP contribution in [0, 0.1) is 17.6 Å². The number of halogens is 3. The van der Waals surface area contributed by atoms with E-state index in [-0.39, 0.29) is 5.56 Å². The van der Waals surface area contributed by atoms with Crippen LogP contribution in [0.25, 0.3) is 0 Å². The molecule has 1 heterocycles. The lowest BCUT2D eigenvalue weighted by Crippen LogP contribution is -2.37. The molecule has 0 unspecified atom stereocenters. The van der Waals surface area contributed by atoms with Gasteiger partial charge in [-0.3, -0.25) is 4.99 Å². The van der Waals surface area contributed by atoms with Crippen LogP contribution in [0.3, 0.4) is 0 Å². The van der Waals surface area contributed by atoms with Crippen molar-refractivity contribution in [2.24, 2.45) is 10.9 Å². The number of nitrogens with zero attached hydrogens (tertiary/aromatic N) is 1. The molecule has 1 aliphatic carbocycles. The first kappa shape index (κ1) is 12.7. The summed E-state index contributed by atoms with van der Waals surface area (Å²) < 4.78 is 40.0. The van der Waals surface area contributed by atoms with Gasteiger partial charge in [0, 0.05) is 11.5 Å². The second-order valence-electron chi connectivity index (χ2n) is 4.79. The van der Waals surface area contributed by atoms with Gasteiger partial charge in [-0.1, -0.05) is 23.9 Å². The molecule has 1 radical (unpaired) electrons. The summed E-state index contributed by atoms with van der Waals surface area (Å²) in [6.45, 7) is -0.985. The summed E-state index contributed by atoms with van der Waals surface area (Å²) >= 11 is 1.09. The number of benzene rings is 1. The SMILES string of the molecule is O=C[C@]12C[C@H]1[C@@](CF)(c1cccc(F)c1F)N=[C]S2. The van der Waals surface area contributed by atoms with Gasteiger partial charge in [0.05, 0.1) is 4.75 Å². The molecule has 0 saturated heterocycles. The largest absolute Gasteiger partial charge is 0.302 e. The lowest BCUT2D eigenvalue weighted by molar-refractivity contribution is -0.108. The maximum atomic E-state index is 13.9. The molecule has 0 aromatic heterocycles. The summed E-state index contributed by atoms with van der Waals surface area (Å²) in [7, 11) is 0. The molecule has 2 aliphatic rings. The van der Waals surface area contributed by atoms with Crippen LogP contribution in [0.15, 0.2) is 23.2 Å². The molecular formula is C13H9F3NOS. The van der Waals surface area contributed by atoms with Crippen LogP contribution < -0.4 is 0 Å². The number of alkyl halides is 1. The average Bonchev–Trinajstić information content (AvgIpc) is 3.17. The number of carbonyl (C=O) groups is 1.